The van der Waals surface area contributed by atoms with Gasteiger partial charge in [0.05, 0.1) is 11.7 Å². The van der Waals surface area contributed by atoms with Gasteiger partial charge in [-0.15, -0.1) is 0 Å². The Bertz CT molecular complexity index is 871. The number of amides is 2. The third kappa shape index (κ3) is 3.37. The third-order valence-corrected chi connectivity index (χ3v) is 6.08. The van der Waals surface area contributed by atoms with E-state index in [1.165, 1.54) is 17.2 Å². The van der Waals surface area contributed by atoms with Crippen molar-refractivity contribution in [1.82, 2.24) is 19.7 Å². The molecule has 0 N–H and O–H groups in total. The molecule has 3 heterocycles. The topological polar surface area (TPSA) is 39.7 Å². The lowest BCUT2D eigenvalue weighted by Crippen LogP contribution is -2.41. The van der Waals surface area contributed by atoms with E-state index in [1.54, 1.807) is 17.2 Å². The lowest BCUT2D eigenvalue weighted by molar-refractivity contribution is 0.151. The maximum atomic E-state index is 14.0. The highest BCUT2D eigenvalue weighted by Gasteiger charge is 2.49. The number of nitrogens with zero attached hydrogens (tertiary/aromatic N) is 4. The zero-order valence-electron chi connectivity index (χ0n) is 16.7. The summed E-state index contributed by atoms with van der Waals surface area (Å²) in [7, 11) is 3.61. The van der Waals surface area contributed by atoms with Crippen molar-refractivity contribution in [3.05, 3.63) is 65.2 Å². The van der Waals surface area contributed by atoms with Crippen LogP contribution in [0.15, 0.2) is 42.6 Å². The monoisotopic (exact) mass is 382 g/mol. The van der Waals surface area contributed by atoms with Gasteiger partial charge in [0.2, 0.25) is 0 Å². The van der Waals surface area contributed by atoms with Crippen molar-refractivity contribution in [3.8, 4) is 0 Å². The van der Waals surface area contributed by atoms with E-state index in [4.69, 9.17) is 0 Å². The molecule has 0 radical (unpaired) electrons. The zero-order chi connectivity index (χ0) is 19.8. The second-order valence-corrected chi connectivity index (χ2v) is 8.18. The lowest BCUT2D eigenvalue weighted by atomic mass is 9.88. The van der Waals surface area contributed by atoms with Crippen LogP contribution in [0.3, 0.4) is 0 Å². The van der Waals surface area contributed by atoms with Crippen LogP contribution in [0, 0.1) is 24.6 Å². The number of aryl methyl sites for hydroxylation is 1. The number of pyridine rings is 1. The molecule has 28 heavy (non-hydrogen) atoms. The van der Waals surface area contributed by atoms with Crippen molar-refractivity contribution in [3.63, 3.8) is 0 Å². The lowest BCUT2D eigenvalue weighted by Gasteiger charge is -2.32. The average molecular weight is 382 g/mol. The van der Waals surface area contributed by atoms with E-state index in [-0.39, 0.29) is 17.9 Å². The quantitative estimate of drug-likeness (QED) is 0.818. The Hall–Kier alpha value is -2.47. The van der Waals surface area contributed by atoms with E-state index < -0.39 is 0 Å². The molecule has 148 valence electrons. The molecular weight excluding hydrogens is 355 g/mol. The van der Waals surface area contributed by atoms with Crippen molar-refractivity contribution in [2.75, 3.05) is 33.7 Å². The van der Waals surface area contributed by atoms with Crippen molar-refractivity contribution in [2.45, 2.75) is 19.5 Å². The number of hydrogen-bond acceptors (Lipinski definition) is 3. The van der Waals surface area contributed by atoms with Gasteiger partial charge in [-0.3, -0.25) is 9.88 Å². The molecule has 6 heteroatoms. The number of hydrogen-bond donors (Lipinski definition) is 0. The van der Waals surface area contributed by atoms with Crippen molar-refractivity contribution >= 4 is 6.03 Å². The SMILES string of the molecule is Cc1ccccc1[C@H]1[C@@H]2CN(Cc3ncccc3F)C[C@@H]2CN1C(=O)N(C)C. The number of halogens is 1. The van der Waals surface area contributed by atoms with Crippen LogP contribution < -0.4 is 0 Å². The fraction of sp³-hybridized carbons (Fsp3) is 0.455. The Labute approximate surface area is 165 Å². The molecule has 2 fully saturated rings. The van der Waals surface area contributed by atoms with Gasteiger partial charge in [-0.25, -0.2) is 9.18 Å². The average Bonchev–Trinajstić information content (AvgIpc) is 3.20. The van der Waals surface area contributed by atoms with Crippen LogP contribution >= 0.6 is 0 Å². The molecule has 0 unspecified atom stereocenters. The highest BCUT2D eigenvalue weighted by Crippen LogP contribution is 2.46. The Kier molecular flexibility index (Phi) is 5.06. The summed E-state index contributed by atoms with van der Waals surface area (Å²) in [5, 5.41) is 0. The maximum absolute atomic E-state index is 14.0. The summed E-state index contributed by atoms with van der Waals surface area (Å²) in [6.45, 7) is 5.07. The van der Waals surface area contributed by atoms with Gasteiger partial charge in [-0.2, -0.15) is 0 Å². The number of rotatable bonds is 3. The van der Waals surface area contributed by atoms with Crippen molar-refractivity contribution < 1.29 is 9.18 Å². The van der Waals surface area contributed by atoms with E-state index in [0.29, 0.717) is 24.1 Å². The van der Waals surface area contributed by atoms with Crippen molar-refractivity contribution in [1.29, 1.82) is 0 Å². The number of carbonyl (C=O) groups excluding carboxylic acids is 1. The van der Waals surface area contributed by atoms with Crippen LogP contribution in [0.25, 0.3) is 0 Å². The first-order chi connectivity index (χ1) is 13.5. The van der Waals surface area contributed by atoms with Gasteiger partial charge in [0.15, 0.2) is 0 Å². The Morgan fingerprint density at radius 1 is 1.18 bits per heavy atom. The summed E-state index contributed by atoms with van der Waals surface area (Å²) in [5.74, 6) is 0.483. The molecule has 0 aliphatic carbocycles. The minimum atomic E-state index is -0.251. The fourth-order valence-electron chi connectivity index (χ4n) is 4.78. The summed E-state index contributed by atoms with van der Waals surface area (Å²) < 4.78 is 14.0. The number of carbonyl (C=O) groups is 1. The van der Waals surface area contributed by atoms with Gasteiger partial charge in [0, 0.05) is 52.4 Å². The first-order valence-electron chi connectivity index (χ1n) is 9.81. The van der Waals surface area contributed by atoms with Gasteiger partial charge in [0.25, 0.3) is 0 Å². The highest BCUT2D eigenvalue weighted by molar-refractivity contribution is 5.75. The number of fused-ring (bicyclic) bond motifs is 1. The van der Waals surface area contributed by atoms with Crippen LogP contribution in [-0.4, -0.2) is 59.4 Å². The molecule has 2 aliphatic rings. The summed E-state index contributed by atoms with van der Waals surface area (Å²) in [6, 6.07) is 11.5. The molecule has 4 rings (SSSR count). The Balaban J connectivity index is 1.60. The number of benzene rings is 1. The van der Waals surface area contributed by atoms with Gasteiger partial charge in [0.1, 0.15) is 5.82 Å². The van der Waals surface area contributed by atoms with Crippen LogP contribution in [0.5, 0.6) is 0 Å². The largest absolute Gasteiger partial charge is 0.331 e. The van der Waals surface area contributed by atoms with E-state index in [1.807, 2.05) is 31.1 Å². The molecular formula is C22H27FN4O. The van der Waals surface area contributed by atoms with E-state index >= 15 is 0 Å². The zero-order valence-corrected chi connectivity index (χ0v) is 16.7. The molecule has 0 bridgehead atoms. The summed E-state index contributed by atoms with van der Waals surface area (Å²) in [6.07, 6.45) is 1.64. The molecule has 5 nitrogen and oxygen atoms in total. The molecule has 3 atom stereocenters. The summed E-state index contributed by atoms with van der Waals surface area (Å²) in [4.78, 5) is 23.0. The third-order valence-electron chi connectivity index (χ3n) is 6.08. The van der Waals surface area contributed by atoms with Crippen molar-refractivity contribution in [2.24, 2.45) is 11.8 Å². The molecule has 2 saturated heterocycles. The Morgan fingerprint density at radius 2 is 1.96 bits per heavy atom. The molecule has 2 aliphatic heterocycles. The fourth-order valence-corrected chi connectivity index (χ4v) is 4.78. The first kappa shape index (κ1) is 18.9. The molecule has 1 aromatic heterocycles. The van der Waals surface area contributed by atoms with Crippen LogP contribution in [0.1, 0.15) is 22.9 Å². The van der Waals surface area contributed by atoms with E-state index in [0.717, 1.165) is 19.6 Å². The minimum absolute atomic E-state index is 0.0553. The van der Waals surface area contributed by atoms with E-state index in [9.17, 15) is 9.18 Å². The van der Waals surface area contributed by atoms with Gasteiger partial charge in [-0.05, 0) is 36.1 Å². The second-order valence-electron chi connectivity index (χ2n) is 8.18. The Morgan fingerprint density at radius 3 is 2.68 bits per heavy atom. The summed E-state index contributed by atoms with van der Waals surface area (Å²) >= 11 is 0. The van der Waals surface area contributed by atoms with E-state index in [2.05, 4.69) is 28.9 Å². The normalized spacial score (nSPS) is 24.4. The van der Waals surface area contributed by atoms with Gasteiger partial charge < -0.3 is 9.80 Å². The number of likely N-dealkylation sites (tertiary alicyclic amines) is 2. The second kappa shape index (κ2) is 7.51. The molecule has 2 aromatic rings. The van der Waals surface area contributed by atoms with Gasteiger partial charge >= 0.3 is 6.03 Å². The van der Waals surface area contributed by atoms with Gasteiger partial charge in [-0.1, -0.05) is 24.3 Å². The van der Waals surface area contributed by atoms with Crippen LogP contribution in [0.2, 0.25) is 0 Å². The predicted octanol–water partition coefficient (Wildman–Crippen LogP) is 3.32. The summed E-state index contributed by atoms with van der Waals surface area (Å²) in [5.41, 5.74) is 2.92. The first-order valence-corrected chi connectivity index (χ1v) is 9.81. The smallest absolute Gasteiger partial charge is 0.320 e. The molecule has 1 aromatic carbocycles. The number of urea groups is 1. The maximum Gasteiger partial charge on any atom is 0.320 e. The predicted molar refractivity (Wildman–Crippen MR) is 106 cm³/mol. The number of aromatic nitrogens is 1. The van der Waals surface area contributed by atoms with Crippen LogP contribution in [-0.2, 0) is 6.54 Å². The molecule has 0 spiro atoms. The molecule has 2 amide bonds. The standard InChI is InChI=1S/C22H27FN4O/c1-15-7-4-5-8-17(15)21-18-13-26(14-20-19(23)9-6-10-24-20)11-16(18)12-27(21)22(28)25(2)3/h4-10,16,18,21H,11-14H2,1-3H3/t16-,18-,21+/m1/s1. The van der Waals surface area contributed by atoms with Crippen LogP contribution in [0.4, 0.5) is 9.18 Å². The molecule has 0 saturated carbocycles. The minimum Gasteiger partial charge on any atom is -0.331 e. The highest BCUT2D eigenvalue weighted by atomic mass is 19.1.